The minimum atomic E-state index is -0.811. The predicted molar refractivity (Wildman–Crippen MR) is 185 cm³/mol. The fourth-order valence-corrected chi connectivity index (χ4v) is 6.73. The van der Waals surface area contributed by atoms with Gasteiger partial charge in [-0.25, -0.2) is 9.79 Å². The Labute approximate surface area is 284 Å². The van der Waals surface area contributed by atoms with Crippen molar-refractivity contribution < 1.29 is 23.7 Å². The second-order valence-electron chi connectivity index (χ2n) is 10.5. The van der Waals surface area contributed by atoms with E-state index in [0.717, 1.165) is 21.9 Å². The number of nitrogens with zero attached hydrogens (tertiary/aromatic N) is 2. The molecule has 0 saturated carbocycles. The van der Waals surface area contributed by atoms with E-state index in [4.69, 9.17) is 42.1 Å². The maximum atomic E-state index is 14.3. The van der Waals surface area contributed by atoms with Crippen LogP contribution in [0.3, 0.4) is 0 Å². The fourth-order valence-electron chi connectivity index (χ4n) is 5.46. The number of fused-ring (bicyclic) bond motifs is 2. The van der Waals surface area contributed by atoms with Gasteiger partial charge in [0.2, 0.25) is 0 Å². The first kappa shape index (κ1) is 32.4. The lowest BCUT2D eigenvalue weighted by atomic mass is 9.97. The van der Waals surface area contributed by atoms with Crippen LogP contribution in [0, 0.1) is 0 Å². The molecule has 4 aromatic carbocycles. The summed E-state index contributed by atoms with van der Waals surface area (Å²) < 4.78 is 25.0. The Morgan fingerprint density at radius 1 is 0.915 bits per heavy atom. The van der Waals surface area contributed by atoms with Crippen LogP contribution < -0.4 is 29.1 Å². The molecule has 1 aliphatic rings. The molecule has 5 aromatic rings. The van der Waals surface area contributed by atoms with Crippen LogP contribution in [0.5, 0.6) is 17.2 Å². The highest BCUT2D eigenvalue weighted by Crippen LogP contribution is 2.35. The summed E-state index contributed by atoms with van der Waals surface area (Å²) in [4.78, 5) is 32.3. The van der Waals surface area contributed by atoms with Gasteiger partial charge in [-0.2, -0.15) is 0 Å². The molecule has 0 N–H and O–H groups in total. The molecule has 0 spiro atoms. The average Bonchev–Trinajstić information content (AvgIpc) is 3.40. The predicted octanol–water partition coefficient (Wildman–Crippen LogP) is 6.85. The molecule has 1 aliphatic heterocycles. The zero-order valence-corrected chi connectivity index (χ0v) is 28.1. The van der Waals surface area contributed by atoms with Crippen LogP contribution in [-0.4, -0.2) is 30.9 Å². The van der Waals surface area contributed by atoms with Crippen molar-refractivity contribution in [3.63, 3.8) is 0 Å². The van der Waals surface area contributed by atoms with Gasteiger partial charge in [-0.3, -0.25) is 9.36 Å². The molecule has 1 atom stereocenters. The number of esters is 1. The van der Waals surface area contributed by atoms with E-state index >= 15 is 0 Å². The van der Waals surface area contributed by atoms with Gasteiger partial charge in [0.05, 0.1) is 46.5 Å². The number of thiazole rings is 1. The molecule has 0 aliphatic carbocycles. The molecule has 11 heteroatoms. The van der Waals surface area contributed by atoms with Crippen molar-refractivity contribution in [3.8, 4) is 17.2 Å². The Bertz CT molecular complexity index is 2210. The van der Waals surface area contributed by atoms with E-state index in [9.17, 15) is 9.59 Å². The van der Waals surface area contributed by atoms with Gasteiger partial charge in [0.1, 0.15) is 12.4 Å². The lowest BCUT2D eigenvalue weighted by Gasteiger charge is -2.23. The molecule has 47 heavy (non-hydrogen) atoms. The van der Waals surface area contributed by atoms with E-state index in [1.807, 2.05) is 68.5 Å². The van der Waals surface area contributed by atoms with Crippen molar-refractivity contribution in [2.75, 3.05) is 20.3 Å². The zero-order valence-electron chi connectivity index (χ0n) is 25.8. The number of benzene rings is 4. The number of halogens is 2. The van der Waals surface area contributed by atoms with Crippen LogP contribution in [0.1, 0.15) is 36.6 Å². The number of aromatic nitrogens is 1. The molecule has 6 rings (SSSR count). The Morgan fingerprint density at radius 3 is 2.45 bits per heavy atom. The van der Waals surface area contributed by atoms with Gasteiger partial charge in [-0.15, -0.1) is 0 Å². The monoisotopic (exact) mass is 688 g/mol. The number of methoxy groups -OCH3 is 1. The van der Waals surface area contributed by atoms with Crippen molar-refractivity contribution in [1.29, 1.82) is 0 Å². The van der Waals surface area contributed by atoms with Crippen molar-refractivity contribution in [2.45, 2.75) is 26.5 Å². The van der Waals surface area contributed by atoms with Crippen molar-refractivity contribution in [1.82, 2.24) is 4.57 Å². The third-order valence-corrected chi connectivity index (χ3v) is 9.33. The summed E-state index contributed by atoms with van der Waals surface area (Å²) in [5.41, 5.74) is 2.12. The normalized spacial score (nSPS) is 14.3. The summed E-state index contributed by atoms with van der Waals surface area (Å²) in [5.74, 6) is 1.07. The first-order valence-corrected chi connectivity index (χ1v) is 16.5. The molecule has 2 heterocycles. The summed E-state index contributed by atoms with van der Waals surface area (Å²) in [5, 5.41) is 2.79. The summed E-state index contributed by atoms with van der Waals surface area (Å²) in [7, 11) is 1.30. The number of hydrogen-bond acceptors (Lipinski definition) is 8. The third kappa shape index (κ3) is 6.52. The number of ether oxygens (including phenoxy) is 4. The fraction of sp³-hybridized carbons (Fsp3) is 0.194. The van der Waals surface area contributed by atoms with Crippen LogP contribution in [0.15, 0.2) is 94.4 Å². The first-order valence-electron chi connectivity index (χ1n) is 14.9. The van der Waals surface area contributed by atoms with Gasteiger partial charge >= 0.3 is 5.97 Å². The lowest BCUT2D eigenvalue weighted by Crippen LogP contribution is -2.39. The second kappa shape index (κ2) is 14.0. The Hall–Kier alpha value is -4.57. The largest absolute Gasteiger partial charge is 0.490 e. The third-order valence-electron chi connectivity index (χ3n) is 7.59. The molecular weight excluding hydrogens is 659 g/mol. The molecule has 8 nitrogen and oxygen atoms in total. The molecular formula is C36H30Cl2N2O6S. The summed E-state index contributed by atoms with van der Waals surface area (Å²) in [6.07, 6.45) is 3.28. The standard InChI is InChI=1S/C36H30Cl2N2O6S/c1-4-44-30-15-12-23(17-31(30)45-5-2)33-26(35(42)43-3)19-39-36-40(33)34(41)32(47-36)18-25-24-9-7-6-8-22(24)11-14-29(25)46-20-21-10-13-27(37)28(38)16-21/h6-19,33H,4-5,20H2,1-3H3/b32-18+/t33-/m0/s1. The van der Waals surface area contributed by atoms with Gasteiger partial charge < -0.3 is 18.9 Å². The second-order valence-corrected chi connectivity index (χ2v) is 12.3. The highest BCUT2D eigenvalue weighted by atomic mass is 35.5. The van der Waals surface area contributed by atoms with Crippen LogP contribution in [-0.2, 0) is 16.1 Å². The maximum Gasteiger partial charge on any atom is 0.337 e. The quantitative estimate of drug-likeness (QED) is 0.149. The smallest absolute Gasteiger partial charge is 0.337 e. The van der Waals surface area contributed by atoms with E-state index in [-0.39, 0.29) is 17.7 Å². The maximum absolute atomic E-state index is 14.3. The van der Waals surface area contributed by atoms with E-state index < -0.39 is 12.0 Å². The minimum Gasteiger partial charge on any atom is -0.490 e. The van der Waals surface area contributed by atoms with E-state index in [1.165, 1.54) is 29.2 Å². The number of carbonyl (C=O) groups is 1. The van der Waals surface area contributed by atoms with Crippen LogP contribution >= 0.6 is 34.5 Å². The van der Waals surface area contributed by atoms with Crippen molar-refractivity contribution in [2.24, 2.45) is 4.99 Å². The Morgan fingerprint density at radius 2 is 1.68 bits per heavy atom. The van der Waals surface area contributed by atoms with Crippen molar-refractivity contribution >= 4 is 57.4 Å². The molecule has 0 amide bonds. The minimum absolute atomic E-state index is 0.217. The van der Waals surface area contributed by atoms with Crippen LogP contribution in [0.2, 0.25) is 10.0 Å². The summed E-state index contributed by atoms with van der Waals surface area (Å²) >= 11 is 13.6. The van der Waals surface area contributed by atoms with E-state index in [2.05, 4.69) is 4.99 Å². The first-order chi connectivity index (χ1) is 22.8. The molecule has 0 bridgehead atoms. The summed E-state index contributed by atoms with van der Waals surface area (Å²) in [6, 6.07) is 21.7. The molecule has 0 unspecified atom stereocenters. The lowest BCUT2D eigenvalue weighted by molar-refractivity contribution is -0.136. The zero-order chi connectivity index (χ0) is 33.1. The Kier molecular flexibility index (Phi) is 9.68. The van der Waals surface area contributed by atoms with Gasteiger partial charge in [0, 0.05) is 11.8 Å². The summed E-state index contributed by atoms with van der Waals surface area (Å²) in [6.45, 7) is 4.86. The van der Waals surface area contributed by atoms with Gasteiger partial charge in [0.25, 0.3) is 5.56 Å². The highest BCUT2D eigenvalue weighted by Gasteiger charge is 2.31. The van der Waals surface area contributed by atoms with Crippen molar-refractivity contribution in [3.05, 3.63) is 131 Å². The number of rotatable bonds is 10. The SMILES string of the molecule is CCOc1ccc([C@H]2C(C(=O)OC)=CN=c3s/c(=C/c4c(OCc5ccc(Cl)c(Cl)c5)ccc5ccccc45)c(=O)n32)cc1OCC. The van der Waals surface area contributed by atoms with E-state index in [1.54, 1.807) is 24.3 Å². The van der Waals surface area contributed by atoms with Crippen LogP contribution in [0.25, 0.3) is 16.8 Å². The molecule has 0 radical (unpaired) electrons. The molecule has 0 saturated heterocycles. The molecule has 240 valence electrons. The molecule has 1 aromatic heterocycles. The topological polar surface area (TPSA) is 88.4 Å². The van der Waals surface area contributed by atoms with E-state index in [0.29, 0.717) is 55.4 Å². The average molecular weight is 690 g/mol. The van der Waals surface area contributed by atoms with Gasteiger partial charge in [-0.05, 0) is 72.2 Å². The Balaban J connectivity index is 1.49. The van der Waals surface area contributed by atoms with Crippen LogP contribution in [0.4, 0.5) is 0 Å². The number of carbonyl (C=O) groups excluding carboxylic acids is 1. The molecule has 0 fully saturated rings. The van der Waals surface area contributed by atoms with Gasteiger partial charge in [-0.1, -0.05) is 77.0 Å². The highest BCUT2D eigenvalue weighted by molar-refractivity contribution is 7.07. The number of hydrogen-bond donors (Lipinski definition) is 0. The van der Waals surface area contributed by atoms with Gasteiger partial charge in [0.15, 0.2) is 16.3 Å².